The van der Waals surface area contributed by atoms with Gasteiger partial charge in [0.05, 0.1) is 17.9 Å². The first-order chi connectivity index (χ1) is 15.8. The van der Waals surface area contributed by atoms with Crippen LogP contribution in [0.1, 0.15) is 29.2 Å². The number of anilines is 1. The average molecular weight is 480 g/mol. The van der Waals surface area contributed by atoms with E-state index in [9.17, 15) is 9.59 Å². The van der Waals surface area contributed by atoms with Gasteiger partial charge in [-0.25, -0.2) is 9.67 Å². The SMILES string of the molecule is Cc1cc(C)c(NC(=O)CC2CSc3nc4c(cnn4-c4ccc(Cl)cc4)c(=O)n32)c(C)c1. The summed E-state index contributed by atoms with van der Waals surface area (Å²) in [6.07, 6.45) is 1.73. The molecule has 9 heteroatoms. The van der Waals surface area contributed by atoms with Crippen molar-refractivity contribution >= 4 is 46.0 Å². The van der Waals surface area contributed by atoms with Crippen LogP contribution in [0.2, 0.25) is 5.02 Å². The van der Waals surface area contributed by atoms with Crippen LogP contribution in [0.5, 0.6) is 0 Å². The minimum Gasteiger partial charge on any atom is -0.326 e. The van der Waals surface area contributed by atoms with E-state index < -0.39 is 0 Å². The topological polar surface area (TPSA) is 81.8 Å². The van der Waals surface area contributed by atoms with Gasteiger partial charge in [-0.05, 0) is 56.2 Å². The highest BCUT2D eigenvalue weighted by Gasteiger charge is 2.30. The van der Waals surface area contributed by atoms with Gasteiger partial charge in [-0.2, -0.15) is 5.10 Å². The van der Waals surface area contributed by atoms with Crippen molar-refractivity contribution in [3.05, 3.63) is 74.7 Å². The first-order valence-electron chi connectivity index (χ1n) is 10.6. The molecule has 2 aromatic heterocycles. The lowest BCUT2D eigenvalue weighted by Gasteiger charge is -2.16. The Hall–Kier alpha value is -3.10. The first kappa shape index (κ1) is 21.7. The fourth-order valence-electron chi connectivity index (χ4n) is 4.33. The van der Waals surface area contributed by atoms with Crippen LogP contribution in [0.15, 0.2) is 52.5 Å². The second-order valence-corrected chi connectivity index (χ2v) is 9.75. The number of nitrogens with zero attached hydrogens (tertiary/aromatic N) is 4. The summed E-state index contributed by atoms with van der Waals surface area (Å²) in [5.74, 6) is 0.495. The molecule has 0 saturated heterocycles. The van der Waals surface area contributed by atoms with Gasteiger partial charge in [0.2, 0.25) is 5.91 Å². The van der Waals surface area contributed by atoms with Crippen LogP contribution in [-0.4, -0.2) is 31.0 Å². The van der Waals surface area contributed by atoms with Crippen LogP contribution >= 0.6 is 23.4 Å². The van der Waals surface area contributed by atoms with Crippen LogP contribution in [0.25, 0.3) is 16.7 Å². The van der Waals surface area contributed by atoms with Gasteiger partial charge < -0.3 is 5.32 Å². The number of thioether (sulfide) groups is 1. The maximum atomic E-state index is 13.3. The lowest BCUT2D eigenvalue weighted by atomic mass is 10.0. The largest absolute Gasteiger partial charge is 0.326 e. The molecule has 0 saturated carbocycles. The monoisotopic (exact) mass is 479 g/mol. The molecule has 7 nitrogen and oxygen atoms in total. The van der Waals surface area contributed by atoms with Gasteiger partial charge in [0.25, 0.3) is 5.56 Å². The molecule has 1 atom stereocenters. The van der Waals surface area contributed by atoms with Crippen molar-refractivity contribution in [2.24, 2.45) is 0 Å². The Kier molecular flexibility index (Phi) is 5.50. The predicted molar refractivity (Wildman–Crippen MR) is 132 cm³/mol. The third-order valence-corrected chi connectivity index (χ3v) is 7.15. The van der Waals surface area contributed by atoms with E-state index in [2.05, 4.69) is 10.4 Å². The Morgan fingerprint density at radius 1 is 1.18 bits per heavy atom. The highest BCUT2D eigenvalue weighted by Crippen LogP contribution is 2.34. The minimum absolute atomic E-state index is 0.118. The molecule has 4 aromatic rings. The number of fused-ring (bicyclic) bond motifs is 2. The summed E-state index contributed by atoms with van der Waals surface area (Å²) in [6, 6.07) is 11.0. The predicted octanol–water partition coefficient (Wildman–Crippen LogP) is 4.84. The molecular weight excluding hydrogens is 458 g/mol. The molecule has 0 spiro atoms. The van der Waals surface area contributed by atoms with Crippen LogP contribution in [-0.2, 0) is 4.79 Å². The van der Waals surface area contributed by atoms with E-state index in [1.807, 2.05) is 45.0 Å². The molecule has 1 aliphatic heterocycles. The third kappa shape index (κ3) is 3.94. The number of hydrogen-bond donors (Lipinski definition) is 1. The van der Waals surface area contributed by atoms with E-state index in [0.29, 0.717) is 27.0 Å². The molecule has 0 bridgehead atoms. The summed E-state index contributed by atoms with van der Waals surface area (Å²) in [5.41, 5.74) is 5.13. The van der Waals surface area contributed by atoms with Crippen LogP contribution in [0.3, 0.4) is 0 Å². The average Bonchev–Trinajstić information content (AvgIpc) is 3.36. The number of rotatable bonds is 4. The van der Waals surface area contributed by atoms with E-state index in [1.165, 1.54) is 18.0 Å². The number of halogens is 1. The maximum absolute atomic E-state index is 13.3. The lowest BCUT2D eigenvalue weighted by molar-refractivity contribution is -0.116. The van der Waals surface area contributed by atoms with Gasteiger partial charge in [-0.15, -0.1) is 0 Å². The minimum atomic E-state index is -0.264. The zero-order chi connectivity index (χ0) is 23.3. The fraction of sp³-hybridized carbons (Fsp3) is 0.250. The van der Waals surface area contributed by atoms with Crippen molar-refractivity contribution in [3.8, 4) is 5.69 Å². The van der Waals surface area contributed by atoms with Crippen molar-refractivity contribution < 1.29 is 4.79 Å². The Bertz CT molecular complexity index is 1440. The highest BCUT2D eigenvalue weighted by atomic mass is 35.5. The Balaban J connectivity index is 1.44. The second kappa shape index (κ2) is 8.35. The second-order valence-electron chi connectivity index (χ2n) is 8.33. The third-order valence-electron chi connectivity index (χ3n) is 5.80. The van der Waals surface area contributed by atoms with Crippen molar-refractivity contribution in [1.29, 1.82) is 0 Å². The van der Waals surface area contributed by atoms with E-state index in [1.54, 1.807) is 21.4 Å². The normalized spacial score (nSPS) is 15.1. The van der Waals surface area contributed by atoms with E-state index in [-0.39, 0.29) is 23.9 Å². The molecular formula is C24H22ClN5O2S. The van der Waals surface area contributed by atoms with Crippen molar-refractivity contribution in [2.75, 3.05) is 11.1 Å². The molecule has 1 amide bonds. The van der Waals surface area contributed by atoms with E-state index in [0.717, 1.165) is 28.1 Å². The summed E-state index contributed by atoms with van der Waals surface area (Å²) in [4.78, 5) is 30.9. The summed E-state index contributed by atoms with van der Waals surface area (Å²) >= 11 is 7.47. The number of amides is 1. The first-order valence-corrected chi connectivity index (χ1v) is 11.9. The Labute approximate surface area is 199 Å². The molecule has 168 valence electrons. The van der Waals surface area contributed by atoms with Crippen molar-refractivity contribution in [2.45, 2.75) is 38.4 Å². The number of aromatic nitrogens is 4. The summed E-state index contributed by atoms with van der Waals surface area (Å²) in [7, 11) is 0. The van der Waals surface area contributed by atoms with E-state index >= 15 is 0 Å². The van der Waals surface area contributed by atoms with Crippen LogP contribution < -0.4 is 10.9 Å². The molecule has 2 aromatic carbocycles. The molecule has 1 aliphatic rings. The molecule has 1 N–H and O–H groups in total. The van der Waals surface area contributed by atoms with Crippen molar-refractivity contribution in [1.82, 2.24) is 19.3 Å². The number of hydrogen-bond acceptors (Lipinski definition) is 5. The van der Waals surface area contributed by atoms with Gasteiger partial charge >= 0.3 is 0 Å². The van der Waals surface area contributed by atoms with Gasteiger partial charge in [-0.1, -0.05) is 41.1 Å². The number of carbonyl (C=O) groups excluding carboxylic acids is 1. The number of nitrogens with one attached hydrogen (secondary N) is 1. The summed E-state index contributed by atoms with van der Waals surface area (Å²) in [6.45, 7) is 6.01. The van der Waals surface area contributed by atoms with Crippen LogP contribution in [0.4, 0.5) is 5.69 Å². The van der Waals surface area contributed by atoms with Gasteiger partial charge in [0.1, 0.15) is 5.39 Å². The molecule has 0 fully saturated rings. The molecule has 33 heavy (non-hydrogen) atoms. The van der Waals surface area contributed by atoms with E-state index in [4.69, 9.17) is 16.6 Å². The Morgan fingerprint density at radius 2 is 1.88 bits per heavy atom. The van der Waals surface area contributed by atoms with Crippen molar-refractivity contribution in [3.63, 3.8) is 0 Å². The van der Waals surface area contributed by atoms with Gasteiger partial charge in [0, 0.05) is 22.9 Å². The maximum Gasteiger partial charge on any atom is 0.265 e. The lowest BCUT2D eigenvalue weighted by Crippen LogP contribution is -2.28. The summed E-state index contributed by atoms with van der Waals surface area (Å²) < 4.78 is 3.27. The molecule has 1 unspecified atom stereocenters. The van der Waals surface area contributed by atoms with Crippen LogP contribution in [0, 0.1) is 20.8 Å². The Morgan fingerprint density at radius 3 is 2.58 bits per heavy atom. The molecule has 0 aliphatic carbocycles. The number of carbonyl (C=O) groups is 1. The standard InChI is InChI=1S/C24H22ClN5O2S/c1-13-8-14(2)21(15(3)9-13)27-20(31)10-18-12-33-24-28-22-19(23(32)29(18)24)11-26-30(22)17-6-4-16(25)5-7-17/h4-9,11,18H,10,12H2,1-3H3,(H,27,31). The van der Waals surface area contributed by atoms with Gasteiger partial charge in [0.15, 0.2) is 10.8 Å². The fourth-order valence-corrected chi connectivity index (χ4v) is 5.59. The number of benzene rings is 2. The van der Waals surface area contributed by atoms with Gasteiger partial charge in [-0.3, -0.25) is 14.2 Å². The smallest absolute Gasteiger partial charge is 0.265 e. The highest BCUT2D eigenvalue weighted by molar-refractivity contribution is 7.99. The summed E-state index contributed by atoms with van der Waals surface area (Å²) in [5, 5.41) is 9.06. The number of aryl methyl sites for hydroxylation is 3. The zero-order valence-electron chi connectivity index (χ0n) is 18.4. The zero-order valence-corrected chi connectivity index (χ0v) is 20.0. The quantitative estimate of drug-likeness (QED) is 0.424. The molecule has 0 radical (unpaired) electrons. The molecule has 3 heterocycles. The molecule has 5 rings (SSSR count).